The summed E-state index contributed by atoms with van der Waals surface area (Å²) in [4.78, 5) is 13.6. The van der Waals surface area contributed by atoms with E-state index in [0.717, 1.165) is 25.7 Å². The van der Waals surface area contributed by atoms with Crippen molar-refractivity contribution in [3.63, 3.8) is 0 Å². The number of aliphatic carboxylic acids is 1. The van der Waals surface area contributed by atoms with Crippen molar-refractivity contribution in [2.24, 2.45) is 0 Å². The molecule has 0 aromatic carbocycles. The maximum atomic E-state index is 11.8. The highest BCUT2D eigenvalue weighted by atomic mass is 32.2. The summed E-state index contributed by atoms with van der Waals surface area (Å²) in [6.45, 7) is 1.42. The first-order valence-corrected chi connectivity index (χ1v) is 8.47. The summed E-state index contributed by atoms with van der Waals surface area (Å²) in [6, 6.07) is 0. The summed E-state index contributed by atoms with van der Waals surface area (Å²) in [7, 11) is -3.22. The molecule has 0 radical (unpaired) electrons. The van der Waals surface area contributed by atoms with Crippen molar-refractivity contribution in [3.05, 3.63) is 0 Å². The topological polar surface area (TPSA) is 74.7 Å². The molecule has 2 aliphatic rings. The molecule has 1 atom stereocenters. The first-order chi connectivity index (χ1) is 8.46. The summed E-state index contributed by atoms with van der Waals surface area (Å²) < 4.78 is 23.6. The molecule has 2 aliphatic heterocycles. The largest absolute Gasteiger partial charge is 0.480 e. The average molecular weight is 275 g/mol. The first-order valence-electron chi connectivity index (χ1n) is 6.65. The number of carboxylic acid groups (broad SMARTS) is 1. The van der Waals surface area contributed by atoms with Gasteiger partial charge < -0.3 is 5.11 Å². The van der Waals surface area contributed by atoms with Gasteiger partial charge in [-0.3, -0.25) is 9.69 Å². The van der Waals surface area contributed by atoms with Gasteiger partial charge >= 0.3 is 5.97 Å². The Balaban J connectivity index is 2.28. The van der Waals surface area contributed by atoms with Gasteiger partial charge in [0, 0.05) is 0 Å². The number of hydrogen-bond acceptors (Lipinski definition) is 4. The molecule has 6 heteroatoms. The van der Waals surface area contributed by atoms with Gasteiger partial charge in [0.05, 0.1) is 11.5 Å². The molecule has 5 nitrogen and oxygen atoms in total. The smallest absolute Gasteiger partial charge is 0.325 e. The fourth-order valence-corrected chi connectivity index (χ4v) is 5.05. The van der Waals surface area contributed by atoms with Crippen LogP contribution in [0.3, 0.4) is 0 Å². The zero-order valence-corrected chi connectivity index (χ0v) is 11.4. The molecule has 2 heterocycles. The molecule has 2 fully saturated rings. The molecule has 1 N–H and O–H groups in total. The predicted octanol–water partition coefficient (Wildman–Crippen LogP) is 0.894. The van der Waals surface area contributed by atoms with Crippen LogP contribution in [0.5, 0.6) is 0 Å². The van der Waals surface area contributed by atoms with Gasteiger partial charge in [-0.15, -0.1) is 0 Å². The summed E-state index contributed by atoms with van der Waals surface area (Å²) >= 11 is 0. The SMILES string of the molecule is O=C(O)C1(N2CCCCCC2)CCCS(=O)(=O)C1. The normalized spacial score (nSPS) is 33.8. The minimum Gasteiger partial charge on any atom is -0.480 e. The van der Waals surface area contributed by atoms with Crippen molar-refractivity contribution < 1.29 is 18.3 Å². The van der Waals surface area contributed by atoms with Gasteiger partial charge in [0.2, 0.25) is 0 Å². The third kappa shape index (κ3) is 2.69. The van der Waals surface area contributed by atoms with E-state index < -0.39 is 21.3 Å². The zero-order valence-electron chi connectivity index (χ0n) is 10.6. The molecule has 2 rings (SSSR count). The summed E-state index contributed by atoms with van der Waals surface area (Å²) in [5, 5.41) is 9.56. The maximum absolute atomic E-state index is 11.8. The van der Waals surface area contributed by atoms with E-state index in [4.69, 9.17) is 0 Å². The van der Waals surface area contributed by atoms with Gasteiger partial charge in [-0.25, -0.2) is 8.42 Å². The number of sulfone groups is 1. The molecular formula is C12H21NO4S. The number of nitrogens with zero attached hydrogens (tertiary/aromatic N) is 1. The van der Waals surface area contributed by atoms with Crippen LogP contribution >= 0.6 is 0 Å². The Kier molecular flexibility index (Phi) is 3.96. The van der Waals surface area contributed by atoms with E-state index in [1.807, 2.05) is 4.90 Å². The Morgan fingerprint density at radius 1 is 1.06 bits per heavy atom. The van der Waals surface area contributed by atoms with Crippen LogP contribution in [-0.2, 0) is 14.6 Å². The average Bonchev–Trinajstić information content (AvgIpc) is 2.55. The van der Waals surface area contributed by atoms with Gasteiger partial charge in [-0.2, -0.15) is 0 Å². The van der Waals surface area contributed by atoms with Crippen molar-refractivity contribution in [2.45, 2.75) is 44.1 Å². The number of hydrogen-bond donors (Lipinski definition) is 1. The van der Waals surface area contributed by atoms with Gasteiger partial charge in [0.1, 0.15) is 5.54 Å². The van der Waals surface area contributed by atoms with Crippen molar-refractivity contribution in [2.75, 3.05) is 24.6 Å². The highest BCUT2D eigenvalue weighted by Crippen LogP contribution is 2.31. The minimum atomic E-state index is -3.22. The van der Waals surface area contributed by atoms with E-state index in [2.05, 4.69) is 0 Å². The van der Waals surface area contributed by atoms with E-state index >= 15 is 0 Å². The van der Waals surface area contributed by atoms with E-state index in [1.54, 1.807) is 0 Å². The second-order valence-corrected chi connectivity index (χ2v) is 7.62. The summed E-state index contributed by atoms with van der Waals surface area (Å²) in [5.74, 6) is -1.04. The molecule has 0 spiro atoms. The maximum Gasteiger partial charge on any atom is 0.325 e. The standard InChI is InChI=1S/C12H21NO4S/c14-11(15)12(6-5-9-18(16,17)10-12)13-7-3-1-2-4-8-13/h1-10H2,(H,14,15). The second-order valence-electron chi connectivity index (χ2n) is 5.43. The van der Waals surface area contributed by atoms with Crippen LogP contribution in [0.25, 0.3) is 0 Å². The molecule has 18 heavy (non-hydrogen) atoms. The summed E-state index contributed by atoms with van der Waals surface area (Å²) in [5.41, 5.74) is -1.17. The molecule has 1 unspecified atom stereocenters. The number of rotatable bonds is 2. The van der Waals surface area contributed by atoms with Crippen LogP contribution in [0.15, 0.2) is 0 Å². The summed E-state index contributed by atoms with van der Waals surface area (Å²) in [6.07, 6.45) is 5.08. The molecule has 0 aromatic heterocycles. The van der Waals surface area contributed by atoms with Crippen molar-refractivity contribution in [3.8, 4) is 0 Å². The van der Waals surface area contributed by atoms with E-state index in [0.29, 0.717) is 25.9 Å². The van der Waals surface area contributed by atoms with Crippen LogP contribution in [-0.4, -0.2) is 54.5 Å². The lowest BCUT2D eigenvalue weighted by molar-refractivity contribution is -0.151. The third-order valence-corrected chi connectivity index (χ3v) is 5.94. The van der Waals surface area contributed by atoms with Crippen LogP contribution < -0.4 is 0 Å². The first kappa shape index (κ1) is 13.8. The molecule has 104 valence electrons. The van der Waals surface area contributed by atoms with Crippen LogP contribution in [0.1, 0.15) is 38.5 Å². The lowest BCUT2D eigenvalue weighted by Crippen LogP contribution is -2.61. The minimum absolute atomic E-state index is 0.135. The molecule has 0 aliphatic carbocycles. The van der Waals surface area contributed by atoms with E-state index in [-0.39, 0.29) is 11.5 Å². The highest BCUT2D eigenvalue weighted by Gasteiger charge is 2.49. The molecule has 0 saturated carbocycles. The van der Waals surface area contributed by atoms with Gasteiger partial charge in [0.15, 0.2) is 9.84 Å². The van der Waals surface area contributed by atoms with Crippen molar-refractivity contribution >= 4 is 15.8 Å². The Morgan fingerprint density at radius 2 is 1.67 bits per heavy atom. The second kappa shape index (κ2) is 5.17. The fourth-order valence-electron chi connectivity index (χ4n) is 3.14. The van der Waals surface area contributed by atoms with Crippen LogP contribution in [0.4, 0.5) is 0 Å². The van der Waals surface area contributed by atoms with Crippen LogP contribution in [0.2, 0.25) is 0 Å². The monoisotopic (exact) mass is 275 g/mol. The molecule has 0 bridgehead atoms. The number of carbonyl (C=O) groups is 1. The Labute approximate surface area is 108 Å². The molecule has 0 aromatic rings. The Morgan fingerprint density at radius 3 is 2.17 bits per heavy atom. The van der Waals surface area contributed by atoms with Gasteiger partial charge in [-0.1, -0.05) is 12.8 Å². The lowest BCUT2D eigenvalue weighted by Gasteiger charge is -2.42. The predicted molar refractivity (Wildman–Crippen MR) is 68.3 cm³/mol. The quantitative estimate of drug-likeness (QED) is 0.810. The van der Waals surface area contributed by atoms with Crippen molar-refractivity contribution in [1.82, 2.24) is 4.90 Å². The molecular weight excluding hydrogens is 254 g/mol. The Hall–Kier alpha value is -0.620. The molecule has 2 saturated heterocycles. The number of carboxylic acids is 1. The lowest BCUT2D eigenvalue weighted by atomic mass is 9.92. The van der Waals surface area contributed by atoms with Crippen molar-refractivity contribution in [1.29, 1.82) is 0 Å². The van der Waals surface area contributed by atoms with Gasteiger partial charge in [-0.05, 0) is 38.8 Å². The highest BCUT2D eigenvalue weighted by molar-refractivity contribution is 7.91. The zero-order chi connectivity index (χ0) is 13.2. The Bertz CT molecular complexity index is 412. The van der Waals surface area contributed by atoms with E-state index in [1.165, 1.54) is 0 Å². The fraction of sp³-hybridized carbons (Fsp3) is 0.917. The third-order valence-electron chi connectivity index (χ3n) is 4.11. The number of likely N-dealkylation sites (tertiary alicyclic amines) is 1. The molecule has 0 amide bonds. The van der Waals surface area contributed by atoms with Crippen LogP contribution in [0, 0.1) is 0 Å². The van der Waals surface area contributed by atoms with Gasteiger partial charge in [0.25, 0.3) is 0 Å². The van der Waals surface area contributed by atoms with E-state index in [9.17, 15) is 18.3 Å².